The lowest BCUT2D eigenvalue weighted by Gasteiger charge is -2.19. The summed E-state index contributed by atoms with van der Waals surface area (Å²) in [6.45, 7) is 2.43. The summed E-state index contributed by atoms with van der Waals surface area (Å²) in [5.41, 5.74) is 2.01. The van der Waals surface area contributed by atoms with Gasteiger partial charge in [-0.15, -0.1) is 0 Å². The molecule has 0 saturated carbocycles. The molecule has 2 aromatic carbocycles. The van der Waals surface area contributed by atoms with Crippen molar-refractivity contribution < 1.29 is 14.3 Å². The highest BCUT2D eigenvalue weighted by Gasteiger charge is 2.36. The highest BCUT2D eigenvalue weighted by molar-refractivity contribution is 6.00. The lowest BCUT2D eigenvalue weighted by atomic mass is 10.1. The van der Waals surface area contributed by atoms with Gasteiger partial charge in [0.2, 0.25) is 5.91 Å². The Morgan fingerprint density at radius 1 is 1.13 bits per heavy atom. The first-order chi connectivity index (χ1) is 11.2. The molecule has 0 radical (unpaired) electrons. The molecule has 1 saturated heterocycles. The second-order valence-corrected chi connectivity index (χ2v) is 5.62. The molecule has 1 fully saturated rings. The van der Waals surface area contributed by atoms with E-state index < -0.39 is 5.92 Å². The smallest absolute Gasteiger partial charge is 0.316 e. The molecular formula is C19H19NO3. The maximum Gasteiger partial charge on any atom is 0.316 e. The third-order valence-corrected chi connectivity index (χ3v) is 4.08. The van der Waals surface area contributed by atoms with Crippen molar-refractivity contribution in [3.05, 3.63) is 60.2 Å². The third kappa shape index (κ3) is 3.26. The Kier molecular flexibility index (Phi) is 4.42. The summed E-state index contributed by atoms with van der Waals surface area (Å²) in [5.74, 6) is -0.285. The van der Waals surface area contributed by atoms with Crippen molar-refractivity contribution in [2.75, 3.05) is 11.4 Å². The van der Waals surface area contributed by atoms with E-state index in [1.165, 1.54) is 0 Å². The van der Waals surface area contributed by atoms with Crippen LogP contribution in [0.5, 0.6) is 5.75 Å². The molecule has 0 unspecified atom stereocenters. The number of para-hydroxylation sites is 2. The summed E-state index contributed by atoms with van der Waals surface area (Å²) in [6, 6.07) is 16.8. The van der Waals surface area contributed by atoms with Crippen LogP contribution < -0.4 is 9.64 Å². The molecule has 1 aliphatic heterocycles. The molecule has 2 aromatic rings. The number of ether oxygens (including phenoxy) is 1. The fourth-order valence-corrected chi connectivity index (χ4v) is 2.86. The van der Waals surface area contributed by atoms with Gasteiger partial charge in [0.05, 0.1) is 5.92 Å². The Balaban J connectivity index is 1.73. The zero-order valence-electron chi connectivity index (χ0n) is 13.1. The average molecular weight is 309 g/mol. The number of anilines is 1. The number of aryl methyl sites for hydroxylation is 1. The number of amides is 1. The molecule has 1 aliphatic rings. The Hall–Kier alpha value is -2.62. The molecule has 1 heterocycles. The van der Waals surface area contributed by atoms with Crippen LogP contribution in [-0.2, 0) is 16.0 Å². The van der Waals surface area contributed by atoms with E-state index in [2.05, 4.69) is 6.92 Å². The number of benzene rings is 2. The van der Waals surface area contributed by atoms with Crippen LogP contribution in [-0.4, -0.2) is 18.4 Å². The van der Waals surface area contributed by atoms with Gasteiger partial charge in [-0.25, -0.2) is 0 Å². The van der Waals surface area contributed by atoms with Gasteiger partial charge in [0.25, 0.3) is 0 Å². The van der Waals surface area contributed by atoms with Crippen LogP contribution in [0.25, 0.3) is 0 Å². The number of nitrogens with zero attached hydrogens (tertiary/aromatic N) is 1. The minimum absolute atomic E-state index is 0.0269. The van der Waals surface area contributed by atoms with Crippen LogP contribution in [0.15, 0.2) is 54.6 Å². The quantitative estimate of drug-likeness (QED) is 0.643. The largest absolute Gasteiger partial charge is 0.426 e. The summed E-state index contributed by atoms with van der Waals surface area (Å²) >= 11 is 0. The predicted octanol–water partition coefficient (Wildman–Crippen LogP) is 3.21. The van der Waals surface area contributed by atoms with Crippen molar-refractivity contribution in [2.24, 2.45) is 5.92 Å². The maximum atomic E-state index is 12.3. The Bertz CT molecular complexity index is 712. The second kappa shape index (κ2) is 6.65. The Morgan fingerprint density at radius 2 is 1.83 bits per heavy atom. The molecule has 1 amide bonds. The maximum absolute atomic E-state index is 12.3. The molecule has 0 aliphatic carbocycles. The number of rotatable bonds is 4. The fourth-order valence-electron chi connectivity index (χ4n) is 2.86. The summed E-state index contributed by atoms with van der Waals surface area (Å²) < 4.78 is 5.37. The van der Waals surface area contributed by atoms with Gasteiger partial charge in [-0.2, -0.15) is 0 Å². The predicted molar refractivity (Wildman–Crippen MR) is 88.4 cm³/mol. The van der Waals surface area contributed by atoms with Crippen LogP contribution in [0.1, 0.15) is 18.9 Å². The molecule has 0 bridgehead atoms. The van der Waals surface area contributed by atoms with E-state index in [1.54, 1.807) is 17.0 Å². The lowest BCUT2D eigenvalue weighted by Crippen LogP contribution is -2.28. The Labute approximate surface area is 135 Å². The Morgan fingerprint density at radius 3 is 2.57 bits per heavy atom. The first kappa shape index (κ1) is 15.3. The van der Waals surface area contributed by atoms with Gasteiger partial charge in [0, 0.05) is 18.7 Å². The summed E-state index contributed by atoms with van der Waals surface area (Å²) in [4.78, 5) is 26.3. The first-order valence-corrected chi connectivity index (χ1v) is 7.84. The van der Waals surface area contributed by atoms with Crippen molar-refractivity contribution in [1.29, 1.82) is 0 Å². The van der Waals surface area contributed by atoms with E-state index >= 15 is 0 Å². The zero-order valence-corrected chi connectivity index (χ0v) is 13.1. The molecule has 118 valence electrons. The number of hydrogen-bond donors (Lipinski definition) is 0. The molecule has 4 nitrogen and oxygen atoms in total. The highest BCUT2D eigenvalue weighted by atomic mass is 16.5. The van der Waals surface area contributed by atoms with Gasteiger partial charge in [0.15, 0.2) is 0 Å². The topological polar surface area (TPSA) is 46.6 Å². The first-order valence-electron chi connectivity index (χ1n) is 7.84. The summed E-state index contributed by atoms with van der Waals surface area (Å²) in [7, 11) is 0. The van der Waals surface area contributed by atoms with E-state index in [1.807, 2.05) is 42.5 Å². The van der Waals surface area contributed by atoms with Crippen molar-refractivity contribution in [3.63, 3.8) is 0 Å². The molecular weight excluding hydrogens is 290 g/mol. The molecule has 0 spiro atoms. The van der Waals surface area contributed by atoms with Gasteiger partial charge in [-0.3, -0.25) is 9.59 Å². The van der Waals surface area contributed by atoms with E-state index in [-0.39, 0.29) is 18.3 Å². The fraction of sp³-hybridized carbons (Fsp3) is 0.263. The minimum atomic E-state index is -0.424. The van der Waals surface area contributed by atoms with Crippen molar-refractivity contribution in [1.82, 2.24) is 0 Å². The second-order valence-electron chi connectivity index (χ2n) is 5.62. The van der Waals surface area contributed by atoms with Crippen LogP contribution in [0, 0.1) is 5.92 Å². The highest BCUT2D eigenvalue weighted by Crippen LogP contribution is 2.29. The monoisotopic (exact) mass is 309 g/mol. The van der Waals surface area contributed by atoms with Gasteiger partial charge >= 0.3 is 5.97 Å². The lowest BCUT2D eigenvalue weighted by molar-refractivity contribution is -0.139. The average Bonchev–Trinajstić information content (AvgIpc) is 2.97. The molecule has 1 atom stereocenters. The normalized spacial score (nSPS) is 17.3. The van der Waals surface area contributed by atoms with Crippen molar-refractivity contribution in [3.8, 4) is 5.75 Å². The van der Waals surface area contributed by atoms with Crippen LogP contribution >= 0.6 is 0 Å². The summed E-state index contributed by atoms with van der Waals surface area (Å²) in [6.07, 6.45) is 1.04. The number of carbonyl (C=O) groups excluding carboxylic acids is 2. The number of esters is 1. The summed E-state index contributed by atoms with van der Waals surface area (Å²) in [5, 5.41) is 0. The van der Waals surface area contributed by atoms with Crippen LogP contribution in [0.4, 0.5) is 5.69 Å². The zero-order chi connectivity index (χ0) is 16.2. The van der Waals surface area contributed by atoms with Crippen molar-refractivity contribution in [2.45, 2.75) is 19.8 Å². The molecule has 0 N–H and O–H groups in total. The van der Waals surface area contributed by atoms with E-state index in [0.29, 0.717) is 12.3 Å². The van der Waals surface area contributed by atoms with Crippen LogP contribution in [0.2, 0.25) is 0 Å². The van der Waals surface area contributed by atoms with E-state index in [9.17, 15) is 9.59 Å². The molecule has 0 aromatic heterocycles. The van der Waals surface area contributed by atoms with Gasteiger partial charge in [-0.1, -0.05) is 43.3 Å². The SMILES string of the molecule is CCc1ccccc1N1C[C@@H](C(=O)Oc2ccccc2)CC1=O. The minimum Gasteiger partial charge on any atom is -0.426 e. The standard InChI is InChI=1S/C19H19NO3/c1-2-14-8-6-7-11-17(14)20-13-15(12-18(20)21)19(22)23-16-9-4-3-5-10-16/h3-11,15H,2,12-13H2,1H3/t15-/m0/s1. The van der Waals surface area contributed by atoms with E-state index in [0.717, 1.165) is 17.7 Å². The number of carbonyl (C=O) groups is 2. The molecule has 3 rings (SSSR count). The molecule has 23 heavy (non-hydrogen) atoms. The van der Waals surface area contributed by atoms with E-state index in [4.69, 9.17) is 4.74 Å². The molecule has 4 heteroatoms. The van der Waals surface area contributed by atoms with Crippen molar-refractivity contribution >= 4 is 17.6 Å². The van der Waals surface area contributed by atoms with Gasteiger partial charge < -0.3 is 9.64 Å². The van der Waals surface area contributed by atoms with Crippen LogP contribution in [0.3, 0.4) is 0 Å². The van der Waals surface area contributed by atoms with Gasteiger partial charge in [-0.05, 0) is 30.2 Å². The number of hydrogen-bond acceptors (Lipinski definition) is 3. The third-order valence-electron chi connectivity index (χ3n) is 4.08. The van der Waals surface area contributed by atoms with Gasteiger partial charge in [0.1, 0.15) is 5.75 Å².